The summed E-state index contributed by atoms with van der Waals surface area (Å²) in [5.41, 5.74) is -8.47. The maximum absolute atomic E-state index is 14.8. The molecule has 342 valence electrons. The van der Waals surface area contributed by atoms with Crippen LogP contribution in [0, 0.1) is 22.7 Å². The van der Waals surface area contributed by atoms with E-state index in [4.69, 9.17) is 0 Å². The third kappa shape index (κ3) is 7.67. The first-order valence-electron chi connectivity index (χ1n) is 19.5. The molecule has 4 nitrogen and oxygen atoms in total. The second kappa shape index (κ2) is 15.3. The van der Waals surface area contributed by atoms with Crippen molar-refractivity contribution in [3.8, 4) is 45.8 Å². The number of rotatable bonds is 4. The summed E-state index contributed by atoms with van der Waals surface area (Å²) in [5, 5.41) is 18.4. The van der Waals surface area contributed by atoms with Crippen molar-refractivity contribution in [1.82, 2.24) is 9.13 Å². The molecule has 0 radical (unpaired) electrons. The van der Waals surface area contributed by atoms with Crippen LogP contribution in [0.4, 0.5) is 65.9 Å². The molecular formula is C49H21F15N4. The van der Waals surface area contributed by atoms with Crippen molar-refractivity contribution in [3.05, 3.63) is 166 Å². The zero-order valence-corrected chi connectivity index (χ0v) is 33.6. The summed E-state index contributed by atoms with van der Waals surface area (Å²) >= 11 is 0. The van der Waals surface area contributed by atoms with E-state index >= 15 is 0 Å². The van der Waals surface area contributed by atoms with Gasteiger partial charge < -0.3 is 9.13 Å². The summed E-state index contributed by atoms with van der Waals surface area (Å²) in [6.07, 6.45) is -25.0. The van der Waals surface area contributed by atoms with Gasteiger partial charge in [-0.25, -0.2) is 0 Å². The number of aromatic nitrogens is 2. The standard InChI is InChI=1S/C49H21F15N4/c50-45(51,52)27-4-11-41-34(18-27)35-19-28(46(53,54)55)5-12-42(35)67(41)39-9-2-24(22-65)15-32(39)33-17-26(31-8-1-25(23-66)16-38(31)49(62,63)64)3-10-40(33)68-43-13-6-29(47(56,57)58)20-36(43)37-21-30(48(59,60)61)7-14-44(37)68/h1-21H. The average molecular weight is 951 g/mol. The van der Waals surface area contributed by atoms with E-state index < -0.39 is 64.3 Å². The number of nitrogens with zero attached hydrogens (tertiary/aromatic N) is 4. The van der Waals surface area contributed by atoms with E-state index in [1.807, 2.05) is 6.07 Å². The van der Waals surface area contributed by atoms with Crippen molar-refractivity contribution < 1.29 is 65.9 Å². The Bertz CT molecular complexity index is 3500. The lowest BCUT2D eigenvalue weighted by atomic mass is 9.92. The van der Waals surface area contributed by atoms with Gasteiger partial charge in [0.15, 0.2) is 0 Å². The van der Waals surface area contributed by atoms with E-state index in [-0.39, 0.29) is 82.8 Å². The molecule has 7 aromatic carbocycles. The SMILES string of the molecule is N#Cc1ccc(-n2c3ccc(C(F)(F)F)cc3c3cc(C(F)(F)F)ccc32)c(-c2cc(-c3ccc(C#N)cc3C(F)(F)F)ccc2-n2c3ccc(C(F)(F)F)cc3c3cc(C(F)(F)F)ccc32)c1. The van der Waals surface area contributed by atoms with Crippen molar-refractivity contribution in [2.24, 2.45) is 0 Å². The van der Waals surface area contributed by atoms with Crippen molar-refractivity contribution in [3.63, 3.8) is 0 Å². The zero-order chi connectivity index (χ0) is 49.0. The number of halogens is 15. The Morgan fingerprint density at radius 2 is 0.662 bits per heavy atom. The van der Waals surface area contributed by atoms with Crippen molar-refractivity contribution in [1.29, 1.82) is 10.5 Å². The maximum Gasteiger partial charge on any atom is 0.417 e. The monoisotopic (exact) mass is 950 g/mol. The summed E-state index contributed by atoms with van der Waals surface area (Å²) in [6.45, 7) is 0. The molecule has 19 heteroatoms. The third-order valence-corrected chi connectivity index (χ3v) is 11.5. The highest BCUT2D eigenvalue weighted by molar-refractivity contribution is 6.12. The van der Waals surface area contributed by atoms with Crippen LogP contribution in [-0.4, -0.2) is 9.13 Å². The number of benzene rings is 7. The minimum Gasteiger partial charge on any atom is -0.309 e. The van der Waals surface area contributed by atoms with Crippen LogP contribution in [0.1, 0.15) is 38.9 Å². The van der Waals surface area contributed by atoms with E-state index in [1.54, 1.807) is 6.07 Å². The Balaban J connectivity index is 1.45. The van der Waals surface area contributed by atoms with E-state index in [1.165, 1.54) is 45.5 Å². The van der Waals surface area contributed by atoms with Crippen LogP contribution in [0.25, 0.3) is 77.2 Å². The molecule has 2 heterocycles. The summed E-state index contributed by atoms with van der Waals surface area (Å²) in [7, 11) is 0. The van der Waals surface area contributed by atoms with Gasteiger partial charge in [-0.2, -0.15) is 76.4 Å². The highest BCUT2D eigenvalue weighted by Crippen LogP contribution is 2.47. The molecule has 0 aliphatic rings. The normalized spacial score (nSPS) is 12.9. The number of hydrogen-bond donors (Lipinski definition) is 0. The fourth-order valence-electron chi connectivity index (χ4n) is 8.50. The predicted molar refractivity (Wildman–Crippen MR) is 220 cm³/mol. The average Bonchev–Trinajstić information content (AvgIpc) is 3.78. The molecule has 9 rings (SSSR count). The summed E-state index contributed by atoms with van der Waals surface area (Å²) in [5.74, 6) is 0. The van der Waals surface area contributed by atoms with Gasteiger partial charge in [0.2, 0.25) is 0 Å². The molecular weight excluding hydrogens is 930 g/mol. The molecule has 0 atom stereocenters. The third-order valence-electron chi connectivity index (χ3n) is 11.5. The van der Waals surface area contributed by atoms with Crippen molar-refractivity contribution in [2.45, 2.75) is 30.9 Å². The van der Waals surface area contributed by atoms with Crippen LogP contribution in [0.15, 0.2) is 127 Å². The van der Waals surface area contributed by atoms with E-state index in [2.05, 4.69) is 0 Å². The topological polar surface area (TPSA) is 57.4 Å². The Morgan fingerprint density at radius 3 is 1.01 bits per heavy atom. The lowest BCUT2D eigenvalue weighted by Crippen LogP contribution is -2.08. The van der Waals surface area contributed by atoms with Crippen molar-refractivity contribution >= 4 is 43.6 Å². The molecule has 2 aromatic heterocycles. The first-order valence-corrected chi connectivity index (χ1v) is 19.5. The lowest BCUT2D eigenvalue weighted by molar-refractivity contribution is -0.138. The Labute approximate surface area is 371 Å². The molecule has 0 saturated heterocycles. The summed E-state index contributed by atoms with van der Waals surface area (Å²) in [4.78, 5) is 0. The van der Waals surface area contributed by atoms with Crippen LogP contribution in [0.3, 0.4) is 0 Å². The van der Waals surface area contributed by atoms with Gasteiger partial charge in [-0.3, -0.25) is 0 Å². The molecule has 0 amide bonds. The minimum absolute atomic E-state index is 0.0859. The molecule has 0 aliphatic carbocycles. The van der Waals surface area contributed by atoms with E-state index in [0.717, 1.165) is 36.4 Å². The maximum atomic E-state index is 14.8. The van der Waals surface area contributed by atoms with Gasteiger partial charge in [0, 0.05) is 32.7 Å². The molecule has 0 bridgehead atoms. The Kier molecular flexibility index (Phi) is 10.2. The van der Waals surface area contributed by atoms with Gasteiger partial charge in [-0.15, -0.1) is 0 Å². The van der Waals surface area contributed by atoms with Gasteiger partial charge >= 0.3 is 30.9 Å². The molecule has 0 spiro atoms. The molecule has 9 aromatic rings. The van der Waals surface area contributed by atoms with Crippen LogP contribution in [-0.2, 0) is 30.9 Å². The largest absolute Gasteiger partial charge is 0.417 e. The molecule has 68 heavy (non-hydrogen) atoms. The first-order chi connectivity index (χ1) is 31.8. The highest BCUT2D eigenvalue weighted by Gasteiger charge is 2.37. The van der Waals surface area contributed by atoms with Gasteiger partial charge in [0.1, 0.15) is 0 Å². The quantitative estimate of drug-likeness (QED) is 0.165. The number of nitriles is 2. The molecule has 0 aliphatic heterocycles. The van der Waals surface area contributed by atoms with Crippen LogP contribution >= 0.6 is 0 Å². The van der Waals surface area contributed by atoms with Crippen LogP contribution in [0.5, 0.6) is 0 Å². The fraction of sp³-hybridized carbons (Fsp3) is 0.102. The zero-order valence-electron chi connectivity index (χ0n) is 33.6. The summed E-state index contributed by atoms with van der Waals surface area (Å²) in [6, 6.07) is 22.6. The Hall–Kier alpha value is -7.93. The van der Waals surface area contributed by atoms with Gasteiger partial charge in [-0.1, -0.05) is 12.1 Å². The second-order valence-corrected chi connectivity index (χ2v) is 15.5. The van der Waals surface area contributed by atoms with E-state index in [9.17, 15) is 76.4 Å². The van der Waals surface area contributed by atoms with Gasteiger partial charge in [0.25, 0.3) is 0 Å². The first kappa shape index (κ1) is 45.2. The van der Waals surface area contributed by atoms with Crippen molar-refractivity contribution in [2.75, 3.05) is 0 Å². The molecule has 0 unspecified atom stereocenters. The predicted octanol–water partition coefficient (Wildman–Crippen LogP) is 16.1. The van der Waals surface area contributed by atoms with Gasteiger partial charge in [-0.05, 0) is 126 Å². The van der Waals surface area contributed by atoms with E-state index in [0.29, 0.717) is 54.6 Å². The fourth-order valence-corrected chi connectivity index (χ4v) is 8.50. The number of fused-ring (bicyclic) bond motifs is 6. The second-order valence-electron chi connectivity index (χ2n) is 15.5. The Morgan fingerprint density at radius 1 is 0.324 bits per heavy atom. The smallest absolute Gasteiger partial charge is 0.309 e. The van der Waals surface area contributed by atoms with Gasteiger partial charge in [0.05, 0.1) is 84.5 Å². The minimum atomic E-state index is -5.08. The molecule has 0 saturated carbocycles. The van der Waals surface area contributed by atoms with Crippen LogP contribution < -0.4 is 0 Å². The molecule has 0 fully saturated rings. The summed E-state index contributed by atoms with van der Waals surface area (Å²) < 4.78 is 217. The highest BCUT2D eigenvalue weighted by atomic mass is 19.4. The van der Waals surface area contributed by atoms with Crippen LogP contribution in [0.2, 0.25) is 0 Å². The number of hydrogen-bond acceptors (Lipinski definition) is 2. The lowest BCUT2D eigenvalue weighted by Gasteiger charge is -2.21. The number of alkyl halides is 15. The molecule has 0 N–H and O–H groups in total.